The number of primary sulfonamides is 1. The molecule has 1 saturated carbocycles. The van der Waals surface area contributed by atoms with Gasteiger partial charge in [-0.1, -0.05) is 12.8 Å². The number of carbonyl (C=O) groups excluding carboxylic acids is 1. The molecule has 0 aliphatic heterocycles. The molecule has 1 aliphatic carbocycles. The first-order valence-electron chi connectivity index (χ1n) is 6.61. The topological polar surface area (TPSA) is 98.5 Å². The van der Waals surface area contributed by atoms with Gasteiger partial charge in [0.1, 0.15) is 0 Å². The minimum atomic E-state index is -3.96. The quantitative estimate of drug-likeness (QED) is 0.843. The third-order valence-corrected chi connectivity index (χ3v) is 4.22. The molecule has 0 unspecified atom stereocenters. The van der Waals surface area contributed by atoms with Crippen molar-refractivity contribution < 1.29 is 22.3 Å². The van der Waals surface area contributed by atoms with Gasteiger partial charge in [0, 0.05) is 6.04 Å². The smallest absolute Gasteiger partial charge is 0.258 e. The lowest BCUT2D eigenvalue weighted by atomic mass is 10.2. The molecule has 2 rings (SSSR count). The number of amides is 1. The van der Waals surface area contributed by atoms with Gasteiger partial charge >= 0.3 is 0 Å². The van der Waals surface area contributed by atoms with Crippen molar-refractivity contribution in [3.05, 3.63) is 24.0 Å². The molecule has 0 heterocycles. The first kappa shape index (κ1) is 15.7. The summed E-state index contributed by atoms with van der Waals surface area (Å²) >= 11 is 0. The molecule has 3 N–H and O–H groups in total. The van der Waals surface area contributed by atoms with E-state index in [4.69, 9.17) is 9.88 Å². The van der Waals surface area contributed by atoms with Crippen LogP contribution in [0.4, 0.5) is 4.39 Å². The summed E-state index contributed by atoms with van der Waals surface area (Å²) in [6, 6.07) is 3.19. The highest BCUT2D eigenvalue weighted by molar-refractivity contribution is 7.89. The Morgan fingerprint density at radius 2 is 2.05 bits per heavy atom. The van der Waals surface area contributed by atoms with E-state index in [9.17, 15) is 17.6 Å². The molecule has 1 amide bonds. The molecule has 1 fully saturated rings. The number of carbonyl (C=O) groups is 1. The van der Waals surface area contributed by atoms with E-state index in [2.05, 4.69) is 5.32 Å². The van der Waals surface area contributed by atoms with Crippen LogP contribution in [0.5, 0.6) is 5.75 Å². The van der Waals surface area contributed by atoms with Gasteiger partial charge in [-0.05, 0) is 31.0 Å². The fourth-order valence-electron chi connectivity index (χ4n) is 2.26. The van der Waals surface area contributed by atoms with Gasteiger partial charge in [-0.3, -0.25) is 4.79 Å². The predicted molar refractivity (Wildman–Crippen MR) is 73.7 cm³/mol. The Bertz CT molecular complexity index is 627. The van der Waals surface area contributed by atoms with Crippen LogP contribution >= 0.6 is 0 Å². The second kappa shape index (κ2) is 6.40. The Morgan fingerprint density at radius 1 is 1.38 bits per heavy atom. The maximum atomic E-state index is 13.7. The summed E-state index contributed by atoms with van der Waals surface area (Å²) in [4.78, 5) is 11.3. The van der Waals surface area contributed by atoms with E-state index in [0.717, 1.165) is 43.9 Å². The summed E-state index contributed by atoms with van der Waals surface area (Å²) < 4.78 is 40.8. The summed E-state index contributed by atoms with van der Waals surface area (Å²) in [5.74, 6) is -1.39. The standard InChI is InChI=1S/C13H17FN2O4S/c14-11-7-10(21(15,18)19)5-6-12(11)20-8-13(17)16-9-3-1-2-4-9/h5-7,9H,1-4,8H2,(H,16,17)(H2,15,18,19). The van der Waals surface area contributed by atoms with Crippen LogP contribution in [0, 0.1) is 5.82 Å². The minimum Gasteiger partial charge on any atom is -0.481 e. The largest absolute Gasteiger partial charge is 0.481 e. The molecule has 21 heavy (non-hydrogen) atoms. The molecule has 116 valence electrons. The van der Waals surface area contributed by atoms with Crippen LogP contribution in [-0.2, 0) is 14.8 Å². The first-order valence-corrected chi connectivity index (χ1v) is 8.15. The van der Waals surface area contributed by atoms with Gasteiger partial charge in [-0.25, -0.2) is 17.9 Å². The maximum absolute atomic E-state index is 13.7. The Labute approximate surface area is 122 Å². The van der Waals surface area contributed by atoms with Gasteiger partial charge in [0.15, 0.2) is 18.2 Å². The summed E-state index contributed by atoms with van der Waals surface area (Å²) in [5, 5.41) is 7.69. The maximum Gasteiger partial charge on any atom is 0.258 e. The highest BCUT2D eigenvalue weighted by Crippen LogP contribution is 2.20. The van der Waals surface area contributed by atoms with Crippen LogP contribution in [0.3, 0.4) is 0 Å². The summed E-state index contributed by atoms with van der Waals surface area (Å²) in [6.45, 7) is -0.317. The number of nitrogens with one attached hydrogen (secondary N) is 1. The molecule has 0 radical (unpaired) electrons. The number of halogens is 1. The number of hydrogen-bond acceptors (Lipinski definition) is 4. The van der Waals surface area contributed by atoms with Crippen molar-refractivity contribution in [3.63, 3.8) is 0 Å². The van der Waals surface area contributed by atoms with Crippen LogP contribution in [-0.4, -0.2) is 27.0 Å². The van der Waals surface area contributed by atoms with E-state index in [1.807, 2.05) is 0 Å². The lowest BCUT2D eigenvalue weighted by molar-refractivity contribution is -0.123. The van der Waals surface area contributed by atoms with Gasteiger partial charge in [0.25, 0.3) is 5.91 Å². The second-order valence-electron chi connectivity index (χ2n) is 4.97. The predicted octanol–water partition coefficient (Wildman–Crippen LogP) is 0.911. The zero-order valence-electron chi connectivity index (χ0n) is 11.3. The average molecular weight is 316 g/mol. The van der Waals surface area contributed by atoms with Crippen LogP contribution in [0.15, 0.2) is 23.1 Å². The molecule has 1 aromatic rings. The Balaban J connectivity index is 1.92. The minimum absolute atomic E-state index is 0.163. The van der Waals surface area contributed by atoms with E-state index < -0.39 is 15.8 Å². The SMILES string of the molecule is NS(=O)(=O)c1ccc(OCC(=O)NC2CCCC2)c(F)c1. The third-order valence-electron chi connectivity index (χ3n) is 3.31. The molecule has 0 saturated heterocycles. The van der Waals surface area contributed by atoms with E-state index in [1.54, 1.807) is 0 Å². The van der Waals surface area contributed by atoms with Crippen molar-refractivity contribution in [3.8, 4) is 5.75 Å². The van der Waals surface area contributed by atoms with Crippen molar-refractivity contribution in [1.29, 1.82) is 0 Å². The summed E-state index contributed by atoms with van der Waals surface area (Å²) in [7, 11) is -3.96. The zero-order chi connectivity index (χ0) is 15.5. The Hall–Kier alpha value is -1.67. The molecule has 0 atom stereocenters. The van der Waals surface area contributed by atoms with Crippen molar-refractivity contribution in [2.45, 2.75) is 36.6 Å². The first-order chi connectivity index (χ1) is 9.86. The normalized spacial score (nSPS) is 15.9. The number of hydrogen-bond donors (Lipinski definition) is 2. The zero-order valence-corrected chi connectivity index (χ0v) is 12.2. The van der Waals surface area contributed by atoms with Gasteiger partial charge in [0.2, 0.25) is 10.0 Å². The number of nitrogens with two attached hydrogens (primary N) is 1. The monoisotopic (exact) mass is 316 g/mol. The van der Waals surface area contributed by atoms with E-state index >= 15 is 0 Å². The van der Waals surface area contributed by atoms with Crippen LogP contribution in [0.1, 0.15) is 25.7 Å². The van der Waals surface area contributed by atoms with Crippen molar-refractivity contribution in [2.24, 2.45) is 5.14 Å². The van der Waals surface area contributed by atoms with Gasteiger partial charge < -0.3 is 10.1 Å². The fourth-order valence-corrected chi connectivity index (χ4v) is 2.78. The Morgan fingerprint density at radius 3 is 2.62 bits per heavy atom. The van der Waals surface area contributed by atoms with E-state index in [0.29, 0.717) is 0 Å². The number of benzene rings is 1. The lowest BCUT2D eigenvalue weighted by Crippen LogP contribution is -2.36. The molecule has 6 nitrogen and oxygen atoms in total. The molecule has 1 aliphatic rings. The molecule has 8 heteroatoms. The summed E-state index contributed by atoms with van der Waals surface area (Å²) in [6.07, 6.45) is 4.08. The fraction of sp³-hybridized carbons (Fsp3) is 0.462. The highest BCUT2D eigenvalue weighted by Gasteiger charge is 2.18. The molecule has 0 aromatic heterocycles. The number of rotatable bonds is 5. The van der Waals surface area contributed by atoms with Gasteiger partial charge in [0.05, 0.1) is 4.90 Å². The van der Waals surface area contributed by atoms with Gasteiger partial charge in [-0.2, -0.15) is 0 Å². The van der Waals surface area contributed by atoms with Crippen LogP contribution in [0.25, 0.3) is 0 Å². The van der Waals surface area contributed by atoms with Crippen LogP contribution < -0.4 is 15.2 Å². The van der Waals surface area contributed by atoms with Crippen LogP contribution in [0.2, 0.25) is 0 Å². The number of sulfonamides is 1. The second-order valence-corrected chi connectivity index (χ2v) is 6.54. The molecule has 1 aromatic carbocycles. The van der Waals surface area contributed by atoms with E-state index in [-0.39, 0.29) is 29.2 Å². The van der Waals surface area contributed by atoms with Crippen molar-refractivity contribution in [1.82, 2.24) is 5.32 Å². The molecular formula is C13H17FN2O4S. The van der Waals surface area contributed by atoms with Gasteiger partial charge in [-0.15, -0.1) is 0 Å². The van der Waals surface area contributed by atoms with Crippen molar-refractivity contribution >= 4 is 15.9 Å². The molecule has 0 spiro atoms. The summed E-state index contributed by atoms with van der Waals surface area (Å²) in [5.41, 5.74) is 0. The third kappa shape index (κ3) is 4.40. The lowest BCUT2D eigenvalue weighted by Gasteiger charge is -2.13. The average Bonchev–Trinajstić information content (AvgIpc) is 2.89. The highest BCUT2D eigenvalue weighted by atomic mass is 32.2. The molecule has 0 bridgehead atoms. The molecular weight excluding hydrogens is 299 g/mol. The van der Waals surface area contributed by atoms with Crippen molar-refractivity contribution in [2.75, 3.05) is 6.61 Å². The van der Waals surface area contributed by atoms with E-state index in [1.165, 1.54) is 0 Å². The number of ether oxygens (including phenoxy) is 1. The Kier molecular flexibility index (Phi) is 4.79.